The van der Waals surface area contributed by atoms with Crippen LogP contribution < -0.4 is 5.32 Å². The maximum atomic E-state index is 12.8. The Balaban J connectivity index is 2.12. The second kappa shape index (κ2) is 8.33. The van der Waals surface area contributed by atoms with E-state index in [9.17, 15) is 22.8 Å². The topological polar surface area (TPSA) is 59.1 Å². The van der Waals surface area contributed by atoms with Gasteiger partial charge in [-0.05, 0) is 36.8 Å². The van der Waals surface area contributed by atoms with Crippen LogP contribution in [0.1, 0.15) is 54.0 Å². The maximum Gasteiger partial charge on any atom is 0.416 e. The molecule has 1 atom stereocenters. The normalized spacial score (nSPS) is 12.7. The van der Waals surface area contributed by atoms with Gasteiger partial charge in [-0.15, -0.1) is 0 Å². The van der Waals surface area contributed by atoms with Gasteiger partial charge in [-0.25, -0.2) is 0 Å². The smallest absolute Gasteiger partial charge is 0.346 e. The monoisotopic (exact) mass is 378 g/mol. The summed E-state index contributed by atoms with van der Waals surface area (Å²) in [6.45, 7) is 5.18. The predicted molar refractivity (Wildman–Crippen MR) is 95.1 cm³/mol. The molecule has 0 bridgehead atoms. The van der Waals surface area contributed by atoms with Gasteiger partial charge < -0.3 is 5.32 Å². The number of aromatic nitrogens is 1. The fraction of sp³-hybridized carbons (Fsp3) is 0.350. The lowest BCUT2D eigenvalue weighted by molar-refractivity contribution is -0.137. The molecule has 0 radical (unpaired) electrons. The van der Waals surface area contributed by atoms with Gasteiger partial charge in [0.05, 0.1) is 11.6 Å². The summed E-state index contributed by atoms with van der Waals surface area (Å²) in [4.78, 5) is 28.4. The first-order chi connectivity index (χ1) is 12.6. The SMILES string of the molecule is CC(C)C(=O)Cc1cc(C(=O)N[C@H](C)c2cccc(C(F)(F)F)c2)ccn1. The van der Waals surface area contributed by atoms with Crippen LogP contribution in [0.5, 0.6) is 0 Å². The average Bonchev–Trinajstić information content (AvgIpc) is 2.61. The predicted octanol–water partition coefficient (Wildman–Crippen LogP) is 4.36. The average molecular weight is 378 g/mol. The summed E-state index contributed by atoms with van der Waals surface area (Å²) < 4.78 is 38.5. The molecule has 0 saturated heterocycles. The van der Waals surface area contributed by atoms with Crippen LogP contribution in [-0.2, 0) is 17.4 Å². The Morgan fingerprint density at radius 2 is 1.81 bits per heavy atom. The van der Waals surface area contributed by atoms with Gasteiger partial charge in [0.25, 0.3) is 5.91 Å². The molecule has 1 N–H and O–H groups in total. The number of amides is 1. The van der Waals surface area contributed by atoms with E-state index in [0.29, 0.717) is 16.8 Å². The van der Waals surface area contributed by atoms with Gasteiger partial charge in [0.15, 0.2) is 0 Å². The third-order valence-electron chi connectivity index (χ3n) is 4.14. The van der Waals surface area contributed by atoms with E-state index in [1.165, 1.54) is 30.5 Å². The Bertz CT molecular complexity index is 832. The highest BCUT2D eigenvalue weighted by Crippen LogP contribution is 2.30. The van der Waals surface area contributed by atoms with Crippen molar-refractivity contribution in [1.29, 1.82) is 0 Å². The molecule has 1 aromatic heterocycles. The van der Waals surface area contributed by atoms with Crippen LogP contribution in [0.15, 0.2) is 42.6 Å². The quantitative estimate of drug-likeness (QED) is 0.813. The highest BCUT2D eigenvalue weighted by molar-refractivity contribution is 5.94. The molecule has 144 valence electrons. The minimum Gasteiger partial charge on any atom is -0.346 e. The van der Waals surface area contributed by atoms with Crippen molar-refractivity contribution in [3.8, 4) is 0 Å². The van der Waals surface area contributed by atoms with Crippen molar-refractivity contribution in [2.45, 2.75) is 39.4 Å². The molecule has 27 heavy (non-hydrogen) atoms. The third-order valence-corrected chi connectivity index (χ3v) is 4.14. The number of ketones is 1. The highest BCUT2D eigenvalue weighted by Gasteiger charge is 2.30. The van der Waals surface area contributed by atoms with Crippen molar-refractivity contribution < 1.29 is 22.8 Å². The zero-order valence-corrected chi connectivity index (χ0v) is 15.3. The van der Waals surface area contributed by atoms with E-state index in [0.717, 1.165) is 12.1 Å². The fourth-order valence-corrected chi connectivity index (χ4v) is 2.45. The van der Waals surface area contributed by atoms with Crippen molar-refractivity contribution in [3.05, 3.63) is 65.0 Å². The first-order valence-corrected chi connectivity index (χ1v) is 8.53. The third kappa shape index (κ3) is 5.64. The maximum absolute atomic E-state index is 12.8. The van der Waals surface area contributed by atoms with E-state index in [2.05, 4.69) is 10.3 Å². The molecule has 0 saturated carbocycles. The number of carbonyl (C=O) groups is 2. The van der Waals surface area contributed by atoms with Crippen molar-refractivity contribution in [3.63, 3.8) is 0 Å². The van der Waals surface area contributed by atoms with Gasteiger partial charge in [0.1, 0.15) is 5.78 Å². The molecule has 4 nitrogen and oxygen atoms in total. The Hall–Kier alpha value is -2.70. The minimum atomic E-state index is -4.44. The van der Waals surface area contributed by atoms with Crippen LogP contribution in [0.2, 0.25) is 0 Å². The van der Waals surface area contributed by atoms with Gasteiger partial charge >= 0.3 is 6.18 Å². The van der Waals surface area contributed by atoms with Gasteiger partial charge in [0.2, 0.25) is 0 Å². The summed E-state index contributed by atoms with van der Waals surface area (Å²) in [7, 11) is 0. The molecule has 0 spiro atoms. The van der Waals surface area contributed by atoms with Crippen molar-refractivity contribution >= 4 is 11.7 Å². The van der Waals surface area contributed by atoms with E-state index in [-0.39, 0.29) is 18.1 Å². The number of alkyl halides is 3. The summed E-state index contributed by atoms with van der Waals surface area (Å²) in [6.07, 6.45) is -2.88. The molecule has 1 heterocycles. The number of Topliss-reactive ketones (excluding diaryl/α,β-unsaturated/α-hetero) is 1. The van der Waals surface area contributed by atoms with Gasteiger partial charge in [0, 0.05) is 29.8 Å². The molecular formula is C20H21F3N2O2. The van der Waals surface area contributed by atoms with Crippen LogP contribution in [-0.4, -0.2) is 16.7 Å². The van der Waals surface area contributed by atoms with E-state index >= 15 is 0 Å². The Kier molecular flexibility index (Phi) is 6.36. The number of pyridine rings is 1. The van der Waals surface area contributed by atoms with E-state index < -0.39 is 23.7 Å². The molecule has 0 fully saturated rings. The van der Waals surface area contributed by atoms with Crippen LogP contribution in [0.3, 0.4) is 0 Å². The minimum absolute atomic E-state index is 0.0115. The molecule has 0 aliphatic heterocycles. The molecule has 2 aromatic rings. The standard InChI is InChI=1S/C20H21F3N2O2/c1-12(2)18(26)11-17-10-15(7-8-24-17)19(27)25-13(3)14-5-4-6-16(9-14)20(21,22)23/h4-10,12-13H,11H2,1-3H3,(H,25,27)/t13-/m1/s1. The largest absolute Gasteiger partial charge is 0.416 e. The number of benzene rings is 1. The fourth-order valence-electron chi connectivity index (χ4n) is 2.45. The van der Waals surface area contributed by atoms with Crippen molar-refractivity contribution in [2.75, 3.05) is 0 Å². The van der Waals surface area contributed by atoms with Crippen LogP contribution >= 0.6 is 0 Å². The molecule has 0 unspecified atom stereocenters. The lowest BCUT2D eigenvalue weighted by Gasteiger charge is -2.16. The highest BCUT2D eigenvalue weighted by atomic mass is 19.4. The van der Waals surface area contributed by atoms with Gasteiger partial charge in [-0.1, -0.05) is 26.0 Å². The summed E-state index contributed by atoms with van der Waals surface area (Å²) in [5, 5.41) is 2.68. The summed E-state index contributed by atoms with van der Waals surface area (Å²) in [5.74, 6) is -0.567. The van der Waals surface area contributed by atoms with E-state index in [1.54, 1.807) is 20.8 Å². The van der Waals surface area contributed by atoms with Gasteiger partial charge in [-0.3, -0.25) is 14.6 Å². The first-order valence-electron chi connectivity index (χ1n) is 8.53. The number of rotatable bonds is 6. The van der Waals surface area contributed by atoms with Crippen molar-refractivity contribution in [1.82, 2.24) is 10.3 Å². The lowest BCUT2D eigenvalue weighted by Crippen LogP contribution is -2.27. The number of nitrogens with one attached hydrogen (secondary N) is 1. The number of nitrogens with zero attached hydrogens (tertiary/aromatic N) is 1. The molecule has 2 rings (SSSR count). The number of halogens is 3. The zero-order valence-electron chi connectivity index (χ0n) is 15.3. The molecule has 7 heteroatoms. The molecule has 0 aliphatic carbocycles. The lowest BCUT2D eigenvalue weighted by atomic mass is 10.0. The molecule has 0 aliphatic rings. The van der Waals surface area contributed by atoms with Crippen molar-refractivity contribution in [2.24, 2.45) is 5.92 Å². The molecular weight excluding hydrogens is 357 g/mol. The first kappa shape index (κ1) is 20.6. The second-order valence-electron chi connectivity index (χ2n) is 6.65. The summed E-state index contributed by atoms with van der Waals surface area (Å²) in [6, 6.07) is 7.24. The van der Waals surface area contributed by atoms with E-state index in [4.69, 9.17) is 0 Å². The van der Waals surface area contributed by atoms with Crippen LogP contribution in [0, 0.1) is 5.92 Å². The Morgan fingerprint density at radius 1 is 1.11 bits per heavy atom. The van der Waals surface area contributed by atoms with E-state index in [1.807, 2.05) is 0 Å². The molecule has 1 aromatic carbocycles. The number of hydrogen-bond donors (Lipinski definition) is 1. The van der Waals surface area contributed by atoms with Crippen LogP contribution in [0.4, 0.5) is 13.2 Å². The van der Waals surface area contributed by atoms with Crippen LogP contribution in [0.25, 0.3) is 0 Å². The number of carbonyl (C=O) groups excluding carboxylic acids is 2. The summed E-state index contributed by atoms with van der Waals surface area (Å²) >= 11 is 0. The Labute approximate surface area is 155 Å². The summed E-state index contributed by atoms with van der Waals surface area (Å²) in [5.41, 5.74) is 0.366. The number of hydrogen-bond acceptors (Lipinski definition) is 3. The Morgan fingerprint density at radius 3 is 2.44 bits per heavy atom. The molecule has 1 amide bonds. The van der Waals surface area contributed by atoms with Gasteiger partial charge in [-0.2, -0.15) is 13.2 Å². The second-order valence-corrected chi connectivity index (χ2v) is 6.65. The zero-order chi connectivity index (χ0) is 20.2.